The van der Waals surface area contributed by atoms with Gasteiger partial charge in [-0.05, 0) is 52.6 Å². The van der Waals surface area contributed by atoms with Crippen molar-refractivity contribution >= 4 is 0 Å². The van der Waals surface area contributed by atoms with Gasteiger partial charge in [-0.2, -0.15) is 0 Å². The molecule has 0 aliphatic heterocycles. The minimum Gasteiger partial charge on any atom is -0.330 e. The van der Waals surface area contributed by atoms with Crippen molar-refractivity contribution in [3.8, 4) is 0 Å². The molecular formula is C10H22N2. The summed E-state index contributed by atoms with van der Waals surface area (Å²) in [4.78, 5) is 2.48. The van der Waals surface area contributed by atoms with Crippen molar-refractivity contribution < 1.29 is 0 Å². The van der Waals surface area contributed by atoms with E-state index in [0.29, 0.717) is 6.04 Å². The molecule has 2 N–H and O–H groups in total. The molecule has 0 aromatic rings. The lowest BCUT2D eigenvalue weighted by molar-refractivity contribution is 0.194. The minimum absolute atomic E-state index is 0.673. The smallest absolute Gasteiger partial charge is 0.00981 e. The van der Waals surface area contributed by atoms with Gasteiger partial charge in [0.05, 0.1) is 0 Å². The maximum absolute atomic E-state index is 5.65. The number of rotatable bonds is 3. The van der Waals surface area contributed by atoms with Crippen LogP contribution >= 0.6 is 0 Å². The predicted octanol–water partition coefficient (Wildman–Crippen LogP) is 1.45. The molecule has 0 radical (unpaired) electrons. The number of hydrogen-bond donors (Lipinski definition) is 1. The molecular weight excluding hydrogens is 148 g/mol. The van der Waals surface area contributed by atoms with E-state index in [2.05, 4.69) is 25.8 Å². The first-order valence-electron chi connectivity index (χ1n) is 5.07. The fourth-order valence-electron chi connectivity index (χ4n) is 2.05. The van der Waals surface area contributed by atoms with Gasteiger partial charge < -0.3 is 10.6 Å². The molecule has 1 fully saturated rings. The van der Waals surface area contributed by atoms with Gasteiger partial charge in [-0.15, -0.1) is 0 Å². The molecule has 2 atom stereocenters. The first-order valence-corrected chi connectivity index (χ1v) is 5.07. The maximum atomic E-state index is 5.65. The van der Waals surface area contributed by atoms with Gasteiger partial charge >= 0.3 is 0 Å². The summed E-state index contributed by atoms with van der Waals surface area (Å²) in [6.07, 6.45) is 3.99. The van der Waals surface area contributed by atoms with Gasteiger partial charge in [0.1, 0.15) is 0 Å². The van der Waals surface area contributed by atoms with Crippen LogP contribution in [-0.4, -0.2) is 30.6 Å². The van der Waals surface area contributed by atoms with Crippen molar-refractivity contribution in [1.29, 1.82) is 0 Å². The summed E-state index contributed by atoms with van der Waals surface area (Å²) in [6.45, 7) is 5.40. The van der Waals surface area contributed by atoms with Crippen molar-refractivity contribution in [1.82, 2.24) is 4.90 Å². The molecule has 1 saturated carbocycles. The van der Waals surface area contributed by atoms with E-state index in [1.807, 2.05) is 0 Å². The first kappa shape index (κ1) is 10.0. The summed E-state index contributed by atoms with van der Waals surface area (Å²) in [6, 6.07) is 1.46. The lowest BCUT2D eigenvalue weighted by Gasteiger charge is -2.28. The molecule has 2 nitrogen and oxygen atoms in total. The van der Waals surface area contributed by atoms with E-state index < -0.39 is 0 Å². The molecule has 0 amide bonds. The van der Waals surface area contributed by atoms with Crippen LogP contribution < -0.4 is 5.73 Å². The highest BCUT2D eigenvalue weighted by Crippen LogP contribution is 2.28. The average Bonchev–Trinajstić information content (AvgIpc) is 2.50. The van der Waals surface area contributed by atoms with Crippen molar-refractivity contribution in [2.24, 2.45) is 11.7 Å². The fraction of sp³-hybridized carbons (Fsp3) is 1.00. The van der Waals surface area contributed by atoms with Crippen LogP contribution in [-0.2, 0) is 0 Å². The van der Waals surface area contributed by atoms with E-state index in [-0.39, 0.29) is 0 Å². The second-order valence-corrected chi connectivity index (χ2v) is 4.33. The van der Waals surface area contributed by atoms with Gasteiger partial charge in [-0.1, -0.05) is 0 Å². The lowest BCUT2D eigenvalue weighted by Crippen LogP contribution is -2.35. The third-order valence-electron chi connectivity index (χ3n) is 3.24. The van der Waals surface area contributed by atoms with Crippen LogP contribution in [0.4, 0.5) is 0 Å². The Hall–Kier alpha value is -0.0800. The molecule has 2 unspecified atom stereocenters. The summed E-state index contributed by atoms with van der Waals surface area (Å²) < 4.78 is 0. The summed E-state index contributed by atoms with van der Waals surface area (Å²) in [7, 11) is 2.23. The van der Waals surface area contributed by atoms with E-state index in [0.717, 1.165) is 18.5 Å². The quantitative estimate of drug-likeness (QED) is 0.694. The van der Waals surface area contributed by atoms with Crippen molar-refractivity contribution in [2.45, 2.75) is 45.2 Å². The third kappa shape index (κ3) is 2.20. The Morgan fingerprint density at radius 2 is 2.08 bits per heavy atom. The van der Waals surface area contributed by atoms with Crippen LogP contribution in [0, 0.1) is 5.92 Å². The predicted molar refractivity (Wildman–Crippen MR) is 53.1 cm³/mol. The third-order valence-corrected chi connectivity index (χ3v) is 3.24. The Labute approximate surface area is 76.1 Å². The molecule has 0 saturated heterocycles. The average molecular weight is 170 g/mol. The second-order valence-electron chi connectivity index (χ2n) is 4.33. The topological polar surface area (TPSA) is 29.3 Å². The van der Waals surface area contributed by atoms with Crippen LogP contribution in [0.1, 0.15) is 33.1 Å². The molecule has 12 heavy (non-hydrogen) atoms. The van der Waals surface area contributed by atoms with Gasteiger partial charge in [-0.3, -0.25) is 0 Å². The molecule has 0 aromatic heterocycles. The Morgan fingerprint density at radius 1 is 1.42 bits per heavy atom. The molecule has 2 heteroatoms. The van der Waals surface area contributed by atoms with Crippen molar-refractivity contribution in [3.63, 3.8) is 0 Å². The molecule has 1 aliphatic carbocycles. The number of nitrogens with two attached hydrogens (primary N) is 1. The zero-order valence-corrected chi connectivity index (χ0v) is 8.59. The zero-order chi connectivity index (χ0) is 9.14. The normalized spacial score (nSPS) is 30.5. The van der Waals surface area contributed by atoms with E-state index in [9.17, 15) is 0 Å². The summed E-state index contributed by atoms with van der Waals surface area (Å²) in [5.41, 5.74) is 5.65. The Bertz CT molecular complexity index is 134. The maximum Gasteiger partial charge on any atom is 0.00981 e. The fourth-order valence-corrected chi connectivity index (χ4v) is 2.05. The van der Waals surface area contributed by atoms with Gasteiger partial charge in [-0.25, -0.2) is 0 Å². The van der Waals surface area contributed by atoms with Crippen LogP contribution in [0.5, 0.6) is 0 Å². The molecule has 1 rings (SSSR count). The highest BCUT2D eigenvalue weighted by Gasteiger charge is 2.27. The SMILES string of the molecule is CC(C)N(C)C1CCC(CN)C1. The molecule has 1 aliphatic rings. The van der Waals surface area contributed by atoms with Gasteiger partial charge in [0, 0.05) is 12.1 Å². The number of nitrogens with zero attached hydrogens (tertiary/aromatic N) is 1. The van der Waals surface area contributed by atoms with Crippen LogP contribution in [0.3, 0.4) is 0 Å². The molecule has 0 heterocycles. The van der Waals surface area contributed by atoms with E-state index in [4.69, 9.17) is 5.73 Å². The van der Waals surface area contributed by atoms with E-state index in [1.165, 1.54) is 19.3 Å². The molecule has 72 valence electrons. The highest BCUT2D eigenvalue weighted by molar-refractivity contribution is 4.83. The number of hydrogen-bond acceptors (Lipinski definition) is 2. The second kappa shape index (κ2) is 4.24. The van der Waals surface area contributed by atoms with E-state index in [1.54, 1.807) is 0 Å². The summed E-state index contributed by atoms with van der Waals surface area (Å²) >= 11 is 0. The highest BCUT2D eigenvalue weighted by atomic mass is 15.2. The Balaban J connectivity index is 2.35. The molecule has 0 aromatic carbocycles. The molecule has 0 spiro atoms. The van der Waals surface area contributed by atoms with Crippen molar-refractivity contribution in [2.75, 3.05) is 13.6 Å². The van der Waals surface area contributed by atoms with Gasteiger partial charge in [0.25, 0.3) is 0 Å². The first-order chi connectivity index (χ1) is 5.65. The van der Waals surface area contributed by atoms with Gasteiger partial charge in [0.2, 0.25) is 0 Å². The van der Waals surface area contributed by atoms with Crippen molar-refractivity contribution in [3.05, 3.63) is 0 Å². The lowest BCUT2D eigenvalue weighted by atomic mass is 10.1. The monoisotopic (exact) mass is 170 g/mol. The summed E-state index contributed by atoms with van der Waals surface area (Å²) in [5.74, 6) is 0.788. The van der Waals surface area contributed by atoms with Crippen LogP contribution in [0.25, 0.3) is 0 Å². The minimum atomic E-state index is 0.673. The van der Waals surface area contributed by atoms with Gasteiger partial charge in [0.15, 0.2) is 0 Å². The van der Waals surface area contributed by atoms with Crippen LogP contribution in [0.2, 0.25) is 0 Å². The Kier molecular flexibility index (Phi) is 3.53. The molecule has 0 bridgehead atoms. The summed E-state index contributed by atoms with van der Waals surface area (Å²) in [5, 5.41) is 0. The van der Waals surface area contributed by atoms with E-state index >= 15 is 0 Å². The standard InChI is InChI=1S/C10H22N2/c1-8(2)12(3)10-5-4-9(6-10)7-11/h8-10H,4-7,11H2,1-3H3. The largest absolute Gasteiger partial charge is 0.330 e. The van der Waals surface area contributed by atoms with Crippen LogP contribution in [0.15, 0.2) is 0 Å². The zero-order valence-electron chi connectivity index (χ0n) is 8.59. The Morgan fingerprint density at radius 3 is 2.50 bits per heavy atom.